The van der Waals surface area contributed by atoms with E-state index in [0.29, 0.717) is 6.61 Å². The summed E-state index contributed by atoms with van der Waals surface area (Å²) in [6.45, 7) is 9.05. The second-order valence-electron chi connectivity index (χ2n) is 9.55. The normalized spacial score (nSPS) is 14.6. The summed E-state index contributed by atoms with van der Waals surface area (Å²) < 4.78 is 7.92. The Morgan fingerprint density at radius 2 is 1.69 bits per heavy atom. The molecule has 0 atom stereocenters. The zero-order valence-electron chi connectivity index (χ0n) is 21.1. The quantitative estimate of drug-likeness (QED) is 0.326. The molecule has 4 heterocycles. The fourth-order valence-corrected chi connectivity index (χ4v) is 5.09. The number of imidazole rings is 1. The lowest BCUT2D eigenvalue weighted by Crippen LogP contribution is -2.44. The van der Waals surface area contributed by atoms with Gasteiger partial charge in [0.1, 0.15) is 11.4 Å². The van der Waals surface area contributed by atoms with Crippen molar-refractivity contribution in [3.8, 4) is 28.1 Å². The predicted molar refractivity (Wildman–Crippen MR) is 147 cm³/mol. The van der Waals surface area contributed by atoms with Gasteiger partial charge >= 0.3 is 0 Å². The third kappa shape index (κ3) is 4.18. The van der Waals surface area contributed by atoms with Gasteiger partial charge in [0.25, 0.3) is 0 Å². The Morgan fingerprint density at radius 1 is 0.889 bits per heavy atom. The van der Waals surface area contributed by atoms with E-state index in [2.05, 4.69) is 76.0 Å². The van der Waals surface area contributed by atoms with Gasteiger partial charge in [-0.2, -0.15) is 0 Å². The van der Waals surface area contributed by atoms with Gasteiger partial charge in [-0.15, -0.1) is 0 Å². The predicted octanol–water partition coefficient (Wildman–Crippen LogP) is 5.68. The molecule has 0 bridgehead atoms. The second kappa shape index (κ2) is 9.28. The van der Waals surface area contributed by atoms with Crippen molar-refractivity contribution >= 4 is 22.2 Å². The van der Waals surface area contributed by atoms with Crippen molar-refractivity contribution in [3.05, 3.63) is 78.8 Å². The third-order valence-electron chi connectivity index (χ3n) is 7.08. The molecule has 0 amide bonds. The third-order valence-corrected chi connectivity index (χ3v) is 7.08. The molecule has 1 aliphatic heterocycles. The van der Waals surface area contributed by atoms with Crippen molar-refractivity contribution in [2.45, 2.75) is 13.8 Å². The lowest BCUT2D eigenvalue weighted by molar-refractivity contribution is 0.313. The molecule has 1 saturated heterocycles. The molecule has 0 aliphatic carbocycles. The van der Waals surface area contributed by atoms with Crippen molar-refractivity contribution < 1.29 is 4.74 Å². The van der Waals surface area contributed by atoms with Gasteiger partial charge in [-0.25, -0.2) is 4.98 Å². The molecule has 1 aliphatic rings. The van der Waals surface area contributed by atoms with Gasteiger partial charge in [0.2, 0.25) is 0 Å². The lowest BCUT2D eigenvalue weighted by Gasteiger charge is -2.34. The number of ether oxygens (including phenoxy) is 1. The van der Waals surface area contributed by atoms with Crippen LogP contribution in [0.4, 0.5) is 5.69 Å². The van der Waals surface area contributed by atoms with Gasteiger partial charge in [0, 0.05) is 54.7 Å². The zero-order chi connectivity index (χ0) is 24.6. The number of benzene rings is 2. The van der Waals surface area contributed by atoms with Gasteiger partial charge in [-0.3, -0.25) is 9.38 Å². The molecule has 6 heteroatoms. The van der Waals surface area contributed by atoms with Gasteiger partial charge < -0.3 is 14.5 Å². The number of aryl methyl sites for hydroxylation is 1. The SMILES string of the molecule is CCOc1ccc2nc(C)cc(-c3cnc4cc(-c5ccc(N6CCN(C)CC6)cc5)ccn34)c2c1. The average molecular weight is 478 g/mol. The molecule has 6 rings (SSSR count). The summed E-state index contributed by atoms with van der Waals surface area (Å²) in [5, 5.41) is 1.07. The fourth-order valence-electron chi connectivity index (χ4n) is 5.09. The molecule has 182 valence electrons. The van der Waals surface area contributed by atoms with E-state index in [1.54, 1.807) is 0 Å². The van der Waals surface area contributed by atoms with Crippen molar-refractivity contribution in [3.63, 3.8) is 0 Å². The van der Waals surface area contributed by atoms with Crippen LogP contribution in [0.5, 0.6) is 5.75 Å². The number of piperazine rings is 1. The Hall–Kier alpha value is -3.90. The van der Waals surface area contributed by atoms with E-state index in [1.807, 2.05) is 32.2 Å². The molecule has 6 nitrogen and oxygen atoms in total. The summed E-state index contributed by atoms with van der Waals surface area (Å²) in [4.78, 5) is 14.4. The molecule has 0 N–H and O–H groups in total. The van der Waals surface area contributed by atoms with Crippen LogP contribution in [0.25, 0.3) is 38.9 Å². The number of fused-ring (bicyclic) bond motifs is 2. The van der Waals surface area contributed by atoms with Gasteiger partial charge in [0.05, 0.1) is 24.0 Å². The maximum Gasteiger partial charge on any atom is 0.137 e. The molecule has 36 heavy (non-hydrogen) atoms. The number of anilines is 1. The van der Waals surface area contributed by atoms with Crippen LogP contribution in [0.3, 0.4) is 0 Å². The number of nitrogens with zero attached hydrogens (tertiary/aromatic N) is 5. The molecule has 0 spiro atoms. The summed E-state index contributed by atoms with van der Waals surface area (Å²) in [5.41, 5.74) is 8.68. The Balaban J connectivity index is 1.34. The number of aromatic nitrogens is 3. The number of likely N-dealkylation sites (N-methyl/N-ethyl adjacent to an activating group) is 1. The monoisotopic (exact) mass is 477 g/mol. The highest BCUT2D eigenvalue weighted by molar-refractivity contribution is 5.95. The summed E-state index contributed by atoms with van der Waals surface area (Å²) >= 11 is 0. The number of hydrogen-bond donors (Lipinski definition) is 0. The van der Waals surface area contributed by atoms with Crippen LogP contribution in [-0.4, -0.2) is 59.1 Å². The Morgan fingerprint density at radius 3 is 2.47 bits per heavy atom. The smallest absolute Gasteiger partial charge is 0.137 e. The highest BCUT2D eigenvalue weighted by Crippen LogP contribution is 2.33. The molecule has 0 unspecified atom stereocenters. The largest absolute Gasteiger partial charge is 0.494 e. The maximum atomic E-state index is 5.77. The molecular weight excluding hydrogens is 446 g/mol. The van der Waals surface area contributed by atoms with Gasteiger partial charge in [-0.1, -0.05) is 12.1 Å². The van der Waals surface area contributed by atoms with Crippen molar-refractivity contribution in [2.24, 2.45) is 0 Å². The van der Waals surface area contributed by atoms with Crippen LogP contribution in [0, 0.1) is 6.92 Å². The molecule has 1 fully saturated rings. The van der Waals surface area contributed by atoms with Gasteiger partial charge in [-0.05, 0) is 80.6 Å². The van der Waals surface area contributed by atoms with E-state index < -0.39 is 0 Å². The summed E-state index contributed by atoms with van der Waals surface area (Å²) in [5.74, 6) is 0.855. The molecule has 3 aromatic heterocycles. The lowest BCUT2D eigenvalue weighted by atomic mass is 10.0. The number of pyridine rings is 2. The Kier molecular flexibility index (Phi) is 5.82. The van der Waals surface area contributed by atoms with E-state index in [1.165, 1.54) is 16.8 Å². The van der Waals surface area contributed by atoms with Crippen LogP contribution in [0.1, 0.15) is 12.6 Å². The van der Waals surface area contributed by atoms with Crippen molar-refractivity contribution in [1.29, 1.82) is 0 Å². The zero-order valence-corrected chi connectivity index (χ0v) is 21.1. The Labute approximate surface area is 211 Å². The van der Waals surface area contributed by atoms with Crippen LogP contribution in [0.15, 0.2) is 73.1 Å². The molecule has 2 aromatic carbocycles. The molecular formula is C30H31N5O. The van der Waals surface area contributed by atoms with Crippen LogP contribution >= 0.6 is 0 Å². The fraction of sp³-hybridized carbons (Fsp3) is 0.267. The van der Waals surface area contributed by atoms with E-state index in [4.69, 9.17) is 14.7 Å². The first-order chi connectivity index (χ1) is 17.6. The highest BCUT2D eigenvalue weighted by atomic mass is 16.5. The van der Waals surface area contributed by atoms with Crippen LogP contribution < -0.4 is 9.64 Å². The molecule has 0 radical (unpaired) electrons. The van der Waals surface area contributed by atoms with E-state index >= 15 is 0 Å². The standard InChI is InChI=1S/C30H31N5O/c1-4-36-25-9-10-28-26(19-25)27(17-21(2)32-28)29-20-31-30-18-23(11-12-35(29)30)22-5-7-24(8-6-22)34-15-13-33(3)14-16-34/h5-12,17-20H,4,13-16H2,1-3H3. The first kappa shape index (κ1) is 22.6. The topological polar surface area (TPSA) is 45.9 Å². The first-order valence-electron chi connectivity index (χ1n) is 12.6. The minimum Gasteiger partial charge on any atom is -0.494 e. The molecule has 0 saturated carbocycles. The van der Waals surface area contributed by atoms with Gasteiger partial charge in [0.15, 0.2) is 0 Å². The maximum absolute atomic E-state index is 5.77. The van der Waals surface area contributed by atoms with Crippen molar-refractivity contribution in [1.82, 2.24) is 19.3 Å². The van der Waals surface area contributed by atoms with Crippen LogP contribution in [0.2, 0.25) is 0 Å². The molecule has 5 aromatic rings. The number of hydrogen-bond acceptors (Lipinski definition) is 5. The minimum atomic E-state index is 0.634. The number of rotatable bonds is 5. The van der Waals surface area contributed by atoms with E-state index in [-0.39, 0.29) is 0 Å². The first-order valence-corrected chi connectivity index (χ1v) is 12.6. The average Bonchev–Trinajstić information content (AvgIpc) is 3.32. The Bertz CT molecular complexity index is 1530. The summed E-state index contributed by atoms with van der Waals surface area (Å²) in [6, 6.07) is 21.5. The second-order valence-corrected chi connectivity index (χ2v) is 9.55. The highest BCUT2D eigenvalue weighted by Gasteiger charge is 2.15. The summed E-state index contributed by atoms with van der Waals surface area (Å²) in [6.07, 6.45) is 4.08. The summed E-state index contributed by atoms with van der Waals surface area (Å²) in [7, 11) is 2.19. The van der Waals surface area contributed by atoms with E-state index in [0.717, 1.165) is 65.4 Å². The van der Waals surface area contributed by atoms with Crippen molar-refractivity contribution in [2.75, 3.05) is 44.7 Å². The minimum absolute atomic E-state index is 0.634. The van der Waals surface area contributed by atoms with E-state index in [9.17, 15) is 0 Å². The van der Waals surface area contributed by atoms with Crippen LogP contribution in [-0.2, 0) is 0 Å².